The van der Waals surface area contributed by atoms with Crippen LogP contribution in [-0.4, -0.2) is 28.4 Å². The van der Waals surface area contributed by atoms with Crippen molar-refractivity contribution in [1.29, 1.82) is 0 Å². The normalized spacial score (nSPS) is 10.5. The molecule has 48 valence electrons. The maximum Gasteiger partial charge on any atom is 2.00 e. The molecule has 0 nitrogen and oxygen atoms in total. The van der Waals surface area contributed by atoms with E-state index in [2.05, 4.69) is 36.7 Å². The fraction of sp³-hybridized carbons (Fsp3) is 1.00. The standard InChI is InChI=1S/C6H13Br.Mg.2H/c1-4-6(2,3)5-7;;;/h4-5H2,1-3H3;;;/q;+2;2*-1. The van der Waals surface area contributed by atoms with Crippen LogP contribution in [0.1, 0.15) is 30.0 Å². The van der Waals surface area contributed by atoms with Crippen LogP contribution in [0.3, 0.4) is 0 Å². The third-order valence-electron chi connectivity index (χ3n) is 1.32. The summed E-state index contributed by atoms with van der Waals surface area (Å²) in [6.07, 6.45) is 1.25. The van der Waals surface area contributed by atoms with Crippen LogP contribution in [0, 0.1) is 5.41 Å². The molecule has 0 spiro atoms. The second-order valence-electron chi connectivity index (χ2n) is 2.65. The van der Waals surface area contributed by atoms with Crippen LogP contribution in [0.15, 0.2) is 0 Å². The van der Waals surface area contributed by atoms with Gasteiger partial charge in [-0.3, -0.25) is 0 Å². The van der Waals surface area contributed by atoms with Crippen molar-refractivity contribution in [3.05, 3.63) is 0 Å². The van der Waals surface area contributed by atoms with E-state index in [4.69, 9.17) is 0 Å². The SMILES string of the molecule is CCC(C)(C)CBr.[H-].[H-].[Mg+2]. The Balaban J connectivity index is -0.0000000600. The van der Waals surface area contributed by atoms with Crippen LogP contribution in [0.5, 0.6) is 0 Å². The van der Waals surface area contributed by atoms with Crippen molar-refractivity contribution in [2.45, 2.75) is 27.2 Å². The summed E-state index contributed by atoms with van der Waals surface area (Å²) in [5.41, 5.74) is 0.500. The summed E-state index contributed by atoms with van der Waals surface area (Å²) >= 11 is 3.43. The molecule has 0 unspecified atom stereocenters. The zero-order valence-electron chi connectivity index (χ0n) is 8.00. The molecule has 0 amide bonds. The van der Waals surface area contributed by atoms with E-state index >= 15 is 0 Å². The van der Waals surface area contributed by atoms with Crippen molar-refractivity contribution in [3.63, 3.8) is 0 Å². The van der Waals surface area contributed by atoms with Crippen LogP contribution >= 0.6 is 15.9 Å². The smallest absolute Gasteiger partial charge is 1.00 e. The first kappa shape index (κ1) is 12.0. The number of hydrogen-bond donors (Lipinski definition) is 0. The van der Waals surface area contributed by atoms with Crippen molar-refractivity contribution >= 4 is 39.0 Å². The van der Waals surface area contributed by atoms with Gasteiger partial charge in [-0.05, 0) is 5.41 Å². The van der Waals surface area contributed by atoms with Gasteiger partial charge in [-0.1, -0.05) is 43.1 Å². The average molecular weight is 191 g/mol. The molecular weight excluding hydrogens is 176 g/mol. The second kappa shape index (κ2) is 5.06. The first-order chi connectivity index (χ1) is 3.12. The molecule has 8 heavy (non-hydrogen) atoms. The second-order valence-corrected chi connectivity index (χ2v) is 3.21. The van der Waals surface area contributed by atoms with Crippen LogP contribution in [-0.2, 0) is 0 Å². The van der Waals surface area contributed by atoms with E-state index in [1.807, 2.05) is 0 Å². The molecule has 0 aliphatic carbocycles. The molecule has 0 aromatic carbocycles. The maximum atomic E-state index is 3.43. The predicted molar refractivity (Wildman–Crippen MR) is 45.8 cm³/mol. The van der Waals surface area contributed by atoms with E-state index in [1.165, 1.54) is 6.42 Å². The van der Waals surface area contributed by atoms with Crippen LogP contribution in [0.4, 0.5) is 0 Å². The Bertz CT molecular complexity index is 53.7. The molecule has 0 aliphatic rings. The number of hydrogen-bond acceptors (Lipinski definition) is 0. The van der Waals surface area contributed by atoms with Gasteiger partial charge in [0.25, 0.3) is 0 Å². The third-order valence-corrected chi connectivity index (χ3v) is 2.84. The molecule has 0 aromatic heterocycles. The number of alkyl halides is 1. The number of halogens is 1. The van der Waals surface area contributed by atoms with Crippen molar-refractivity contribution in [2.75, 3.05) is 5.33 Å². The van der Waals surface area contributed by atoms with E-state index in [9.17, 15) is 0 Å². The van der Waals surface area contributed by atoms with Gasteiger partial charge in [-0.25, -0.2) is 0 Å². The van der Waals surface area contributed by atoms with Gasteiger partial charge in [0.1, 0.15) is 0 Å². The van der Waals surface area contributed by atoms with Crippen molar-refractivity contribution < 1.29 is 2.85 Å². The summed E-state index contributed by atoms with van der Waals surface area (Å²) in [7, 11) is 0. The molecule has 0 radical (unpaired) electrons. The van der Waals surface area contributed by atoms with Crippen LogP contribution in [0.25, 0.3) is 0 Å². The van der Waals surface area contributed by atoms with E-state index in [-0.39, 0.29) is 25.9 Å². The molecule has 0 rings (SSSR count). The summed E-state index contributed by atoms with van der Waals surface area (Å²) in [6.45, 7) is 6.71. The molecule has 0 aromatic rings. The van der Waals surface area contributed by atoms with Gasteiger partial charge in [-0.15, -0.1) is 0 Å². The predicted octanol–water partition coefficient (Wildman–Crippen LogP) is 2.66. The third kappa shape index (κ3) is 5.38. The molecular formula is C6H15BrMg. The topological polar surface area (TPSA) is 0 Å². The average Bonchev–Trinajstić information content (AvgIpc) is 1.68. The minimum atomic E-state index is 0. The quantitative estimate of drug-likeness (QED) is 0.465. The molecule has 0 fully saturated rings. The molecule has 2 heteroatoms. The van der Waals surface area contributed by atoms with E-state index in [0.29, 0.717) is 5.41 Å². The Morgan fingerprint density at radius 3 is 1.88 bits per heavy atom. The minimum Gasteiger partial charge on any atom is -1.00 e. The van der Waals surface area contributed by atoms with Crippen molar-refractivity contribution in [2.24, 2.45) is 5.41 Å². The molecule has 0 N–H and O–H groups in total. The summed E-state index contributed by atoms with van der Waals surface area (Å²) in [5.74, 6) is 0. The van der Waals surface area contributed by atoms with Crippen molar-refractivity contribution in [1.82, 2.24) is 0 Å². The fourth-order valence-corrected chi connectivity index (χ4v) is 0.491. The zero-order valence-corrected chi connectivity index (χ0v) is 9.00. The minimum absolute atomic E-state index is 0. The Morgan fingerprint density at radius 1 is 1.50 bits per heavy atom. The number of rotatable bonds is 2. The summed E-state index contributed by atoms with van der Waals surface area (Å²) in [4.78, 5) is 0. The van der Waals surface area contributed by atoms with Gasteiger partial charge in [0.05, 0.1) is 0 Å². The summed E-state index contributed by atoms with van der Waals surface area (Å²) in [6, 6.07) is 0. The van der Waals surface area contributed by atoms with E-state index < -0.39 is 0 Å². The van der Waals surface area contributed by atoms with Crippen LogP contribution < -0.4 is 0 Å². The molecule has 0 atom stereocenters. The van der Waals surface area contributed by atoms with Gasteiger partial charge >= 0.3 is 23.1 Å². The summed E-state index contributed by atoms with van der Waals surface area (Å²) < 4.78 is 0. The van der Waals surface area contributed by atoms with Crippen molar-refractivity contribution in [3.8, 4) is 0 Å². The van der Waals surface area contributed by atoms with Gasteiger partial charge < -0.3 is 2.85 Å². The van der Waals surface area contributed by atoms with E-state index in [1.54, 1.807) is 0 Å². The first-order valence-corrected chi connectivity index (χ1v) is 3.80. The summed E-state index contributed by atoms with van der Waals surface area (Å²) in [5, 5.41) is 1.11. The fourth-order valence-electron chi connectivity index (χ4n) is 0.0945. The largest absolute Gasteiger partial charge is 2.00 e. The molecule has 0 saturated carbocycles. The van der Waals surface area contributed by atoms with Gasteiger partial charge in [0.15, 0.2) is 0 Å². The maximum absolute atomic E-state index is 3.43. The van der Waals surface area contributed by atoms with Gasteiger partial charge in [0.2, 0.25) is 0 Å². The first-order valence-electron chi connectivity index (χ1n) is 2.68. The van der Waals surface area contributed by atoms with Gasteiger partial charge in [0, 0.05) is 5.33 Å². The Hall–Kier alpha value is 1.25. The Kier molecular flexibility index (Phi) is 7.58. The van der Waals surface area contributed by atoms with Gasteiger partial charge in [-0.2, -0.15) is 0 Å². The monoisotopic (exact) mass is 190 g/mol. The molecule has 0 aliphatic heterocycles. The molecule has 0 bridgehead atoms. The molecule has 0 heterocycles. The van der Waals surface area contributed by atoms with E-state index in [0.717, 1.165) is 5.33 Å². The molecule has 0 saturated heterocycles. The van der Waals surface area contributed by atoms with Crippen LogP contribution in [0.2, 0.25) is 0 Å². The Labute approximate surface area is 79.7 Å². The zero-order chi connectivity index (χ0) is 5.91. The Morgan fingerprint density at radius 2 is 1.88 bits per heavy atom.